The Morgan fingerprint density at radius 3 is 2.20 bits per heavy atom. The first-order valence-corrected chi connectivity index (χ1v) is 5.05. The van der Waals surface area contributed by atoms with Gasteiger partial charge in [0.05, 0.1) is 12.2 Å². The average molecular weight is 205 g/mol. The van der Waals surface area contributed by atoms with Gasteiger partial charge in [-0.15, -0.1) is 0 Å². The van der Waals surface area contributed by atoms with Gasteiger partial charge in [-0.3, -0.25) is 0 Å². The molecule has 0 amide bonds. The van der Waals surface area contributed by atoms with Gasteiger partial charge in [0.2, 0.25) is 0 Å². The molecule has 1 aliphatic rings. The van der Waals surface area contributed by atoms with Gasteiger partial charge in [0, 0.05) is 12.0 Å². The molecule has 0 aliphatic heterocycles. The summed E-state index contributed by atoms with van der Waals surface area (Å²) in [6, 6.07) is 9.10. The van der Waals surface area contributed by atoms with Crippen LogP contribution in [0.5, 0.6) is 0 Å². The van der Waals surface area contributed by atoms with E-state index in [9.17, 15) is 10.2 Å². The predicted octanol–water partition coefficient (Wildman–Crippen LogP) is 0.389. The van der Waals surface area contributed by atoms with Crippen molar-refractivity contribution < 1.29 is 10.2 Å². The normalized spacial score (nSPS) is 35.4. The van der Waals surface area contributed by atoms with E-state index in [1.54, 1.807) is 12.2 Å². The maximum atomic E-state index is 9.83. The van der Waals surface area contributed by atoms with Crippen molar-refractivity contribution in [3.05, 3.63) is 48.0 Å². The molecule has 80 valence electrons. The Hall–Kier alpha value is -1.16. The molecule has 0 unspecified atom stereocenters. The summed E-state index contributed by atoms with van der Waals surface area (Å²) in [5.41, 5.74) is 6.84. The lowest BCUT2D eigenvalue weighted by Crippen LogP contribution is -2.46. The molecule has 0 saturated carbocycles. The Kier molecular flexibility index (Phi) is 2.86. The second kappa shape index (κ2) is 4.14. The molecule has 4 atom stereocenters. The molecule has 0 heterocycles. The Bertz CT molecular complexity index is 350. The van der Waals surface area contributed by atoms with Gasteiger partial charge in [-0.1, -0.05) is 42.5 Å². The number of aliphatic hydroxyl groups is 2. The zero-order chi connectivity index (χ0) is 10.8. The molecule has 0 aromatic heterocycles. The fourth-order valence-electron chi connectivity index (χ4n) is 2.01. The molecule has 3 heteroatoms. The summed E-state index contributed by atoms with van der Waals surface area (Å²) in [5.74, 6) is -0.230. The second-order valence-corrected chi connectivity index (χ2v) is 3.88. The third-order valence-corrected chi connectivity index (χ3v) is 2.87. The lowest BCUT2D eigenvalue weighted by atomic mass is 9.80. The Morgan fingerprint density at radius 1 is 0.933 bits per heavy atom. The average Bonchev–Trinajstić information content (AvgIpc) is 2.26. The summed E-state index contributed by atoms with van der Waals surface area (Å²) in [5, 5.41) is 19.4. The third kappa shape index (κ3) is 1.95. The maximum Gasteiger partial charge on any atom is 0.0879 e. The molecular weight excluding hydrogens is 190 g/mol. The number of rotatable bonds is 1. The van der Waals surface area contributed by atoms with Crippen LogP contribution >= 0.6 is 0 Å². The van der Waals surface area contributed by atoms with Crippen LogP contribution in [0.15, 0.2) is 42.5 Å². The van der Waals surface area contributed by atoms with E-state index in [1.807, 2.05) is 30.3 Å². The standard InChI is InChI=1S/C12H15NO2/c13-12-10(15)7-6-9(14)11(12)8-4-2-1-3-5-8/h1-7,9-12,14-15H,13H2/t9-,10+,11+,12+/m1/s1. The highest BCUT2D eigenvalue weighted by molar-refractivity contribution is 5.28. The Morgan fingerprint density at radius 2 is 1.53 bits per heavy atom. The number of nitrogens with two attached hydrogens (primary N) is 1. The van der Waals surface area contributed by atoms with E-state index in [4.69, 9.17) is 5.73 Å². The first kappa shape index (κ1) is 10.4. The van der Waals surface area contributed by atoms with Crippen LogP contribution in [0.4, 0.5) is 0 Å². The minimum atomic E-state index is -0.682. The van der Waals surface area contributed by atoms with Crippen LogP contribution in [-0.2, 0) is 0 Å². The smallest absolute Gasteiger partial charge is 0.0879 e. The van der Waals surface area contributed by atoms with Crippen molar-refractivity contribution in [3.8, 4) is 0 Å². The second-order valence-electron chi connectivity index (χ2n) is 3.88. The van der Waals surface area contributed by atoms with E-state index in [2.05, 4.69) is 0 Å². The molecule has 1 aromatic carbocycles. The van der Waals surface area contributed by atoms with Crippen LogP contribution in [0.1, 0.15) is 11.5 Å². The predicted molar refractivity (Wildman–Crippen MR) is 58.3 cm³/mol. The molecule has 0 fully saturated rings. The van der Waals surface area contributed by atoms with Gasteiger partial charge in [-0.2, -0.15) is 0 Å². The molecule has 0 radical (unpaired) electrons. The summed E-state index contributed by atoms with van der Waals surface area (Å²) in [6.07, 6.45) is 1.85. The minimum Gasteiger partial charge on any atom is -0.388 e. The molecular formula is C12H15NO2. The fraction of sp³-hybridized carbons (Fsp3) is 0.333. The van der Waals surface area contributed by atoms with E-state index in [0.29, 0.717) is 0 Å². The molecule has 1 aliphatic carbocycles. The van der Waals surface area contributed by atoms with Gasteiger partial charge in [0.15, 0.2) is 0 Å². The quantitative estimate of drug-likeness (QED) is 0.581. The summed E-state index contributed by atoms with van der Waals surface area (Å²) >= 11 is 0. The van der Waals surface area contributed by atoms with Crippen molar-refractivity contribution in [1.82, 2.24) is 0 Å². The molecule has 15 heavy (non-hydrogen) atoms. The first-order valence-electron chi connectivity index (χ1n) is 5.05. The number of hydrogen-bond donors (Lipinski definition) is 3. The van der Waals surface area contributed by atoms with Gasteiger partial charge < -0.3 is 15.9 Å². The summed E-state index contributed by atoms with van der Waals surface area (Å²) in [4.78, 5) is 0. The highest BCUT2D eigenvalue weighted by Gasteiger charge is 2.32. The van der Waals surface area contributed by atoms with Crippen LogP contribution in [0.3, 0.4) is 0 Å². The molecule has 1 aromatic rings. The third-order valence-electron chi connectivity index (χ3n) is 2.87. The van der Waals surface area contributed by atoms with Gasteiger partial charge in [-0.25, -0.2) is 0 Å². The number of hydrogen-bond acceptors (Lipinski definition) is 3. The summed E-state index contributed by atoms with van der Waals surface area (Å²) < 4.78 is 0. The lowest BCUT2D eigenvalue weighted by Gasteiger charge is -2.33. The van der Waals surface area contributed by atoms with E-state index >= 15 is 0 Å². The topological polar surface area (TPSA) is 66.5 Å². The van der Waals surface area contributed by atoms with Crippen molar-refractivity contribution in [3.63, 3.8) is 0 Å². The fourth-order valence-corrected chi connectivity index (χ4v) is 2.01. The molecule has 0 spiro atoms. The van der Waals surface area contributed by atoms with Gasteiger partial charge in [-0.05, 0) is 5.56 Å². The lowest BCUT2D eigenvalue weighted by molar-refractivity contribution is 0.105. The van der Waals surface area contributed by atoms with Crippen molar-refractivity contribution in [2.24, 2.45) is 5.73 Å². The first-order chi connectivity index (χ1) is 7.20. The van der Waals surface area contributed by atoms with Gasteiger partial charge >= 0.3 is 0 Å². The van der Waals surface area contributed by atoms with Crippen LogP contribution in [0.2, 0.25) is 0 Å². The van der Waals surface area contributed by atoms with Crippen molar-refractivity contribution in [2.75, 3.05) is 0 Å². The Labute approximate surface area is 88.9 Å². The molecule has 0 bridgehead atoms. The molecule has 3 nitrogen and oxygen atoms in total. The summed E-state index contributed by atoms with van der Waals surface area (Å²) in [6.45, 7) is 0. The minimum absolute atomic E-state index is 0.230. The van der Waals surface area contributed by atoms with Crippen LogP contribution in [0, 0.1) is 0 Å². The summed E-state index contributed by atoms with van der Waals surface area (Å²) in [7, 11) is 0. The highest BCUT2D eigenvalue weighted by Crippen LogP contribution is 2.28. The van der Waals surface area contributed by atoms with Crippen LogP contribution < -0.4 is 5.73 Å². The molecule has 2 rings (SSSR count). The largest absolute Gasteiger partial charge is 0.388 e. The van der Waals surface area contributed by atoms with E-state index in [1.165, 1.54) is 0 Å². The zero-order valence-electron chi connectivity index (χ0n) is 8.32. The highest BCUT2D eigenvalue weighted by atomic mass is 16.3. The van der Waals surface area contributed by atoms with E-state index in [0.717, 1.165) is 5.56 Å². The SMILES string of the molecule is N[C@@H]1[C@@H](c2ccccc2)[C@H](O)C=C[C@@H]1O. The monoisotopic (exact) mass is 205 g/mol. The van der Waals surface area contributed by atoms with E-state index < -0.39 is 18.2 Å². The zero-order valence-corrected chi connectivity index (χ0v) is 8.32. The van der Waals surface area contributed by atoms with Crippen LogP contribution in [0.25, 0.3) is 0 Å². The molecule has 0 saturated heterocycles. The van der Waals surface area contributed by atoms with Crippen LogP contribution in [-0.4, -0.2) is 28.5 Å². The van der Waals surface area contributed by atoms with Gasteiger partial charge in [0.25, 0.3) is 0 Å². The maximum absolute atomic E-state index is 9.83. The number of benzene rings is 1. The van der Waals surface area contributed by atoms with Gasteiger partial charge in [0.1, 0.15) is 0 Å². The van der Waals surface area contributed by atoms with Crippen molar-refractivity contribution in [2.45, 2.75) is 24.2 Å². The molecule has 4 N–H and O–H groups in total. The van der Waals surface area contributed by atoms with Crippen molar-refractivity contribution >= 4 is 0 Å². The van der Waals surface area contributed by atoms with Crippen molar-refractivity contribution in [1.29, 1.82) is 0 Å². The Balaban J connectivity index is 2.32. The van der Waals surface area contributed by atoms with E-state index in [-0.39, 0.29) is 5.92 Å². The number of aliphatic hydroxyl groups excluding tert-OH is 2.